The molecule has 3 aromatic rings. The van der Waals surface area contributed by atoms with Gasteiger partial charge in [-0.3, -0.25) is 19.8 Å². The van der Waals surface area contributed by atoms with Crippen LogP contribution in [0.3, 0.4) is 0 Å². The lowest BCUT2D eigenvalue weighted by molar-refractivity contribution is -0.593. The second-order valence-electron chi connectivity index (χ2n) is 9.83. The fourth-order valence-corrected chi connectivity index (χ4v) is 6.85. The lowest BCUT2D eigenvalue weighted by Gasteiger charge is -2.44. The van der Waals surface area contributed by atoms with Gasteiger partial charge in [0, 0.05) is 17.0 Å². The second kappa shape index (κ2) is 9.02. The summed E-state index contributed by atoms with van der Waals surface area (Å²) in [6.07, 6.45) is -0.390. The van der Waals surface area contributed by atoms with Crippen LogP contribution in [0.5, 0.6) is 17.2 Å². The molecule has 0 unspecified atom stereocenters. The van der Waals surface area contributed by atoms with Crippen molar-refractivity contribution in [3.63, 3.8) is 0 Å². The average molecular weight is 517 g/mol. The number of rotatable bonds is 5. The Morgan fingerprint density at radius 1 is 1.00 bits per heavy atom. The monoisotopic (exact) mass is 516 g/mol. The summed E-state index contributed by atoms with van der Waals surface area (Å²) in [5.41, 5.74) is 1.19. The minimum Gasteiger partial charge on any atom is -0.493 e. The van der Waals surface area contributed by atoms with Crippen LogP contribution in [0.2, 0.25) is 0 Å². The molecule has 3 aromatic carbocycles. The average Bonchev–Trinajstić information content (AvgIpc) is 3.29. The fourth-order valence-electron chi connectivity index (χ4n) is 6.85. The molecule has 9 heteroatoms. The molecule has 3 aliphatic heterocycles. The van der Waals surface area contributed by atoms with Crippen molar-refractivity contribution in [2.24, 2.45) is 0 Å². The Labute approximate surface area is 220 Å². The van der Waals surface area contributed by atoms with Crippen molar-refractivity contribution in [1.29, 1.82) is 0 Å². The zero-order valence-electron chi connectivity index (χ0n) is 21.3. The Hall–Kier alpha value is -4.11. The van der Waals surface area contributed by atoms with E-state index in [1.165, 1.54) is 14.2 Å². The van der Waals surface area contributed by atoms with Crippen LogP contribution >= 0.6 is 0 Å². The maximum Gasteiger partial charge on any atom is 0.324 e. The van der Waals surface area contributed by atoms with Gasteiger partial charge in [0.25, 0.3) is 5.54 Å². The number of fused-ring (bicyclic) bond motifs is 7. The number of esters is 1. The summed E-state index contributed by atoms with van der Waals surface area (Å²) in [6, 6.07) is 18.5. The molecule has 0 spiro atoms. The first kappa shape index (κ1) is 24.2. The van der Waals surface area contributed by atoms with Gasteiger partial charge in [-0.05, 0) is 41.3 Å². The third kappa shape index (κ3) is 3.18. The van der Waals surface area contributed by atoms with E-state index in [2.05, 4.69) is 0 Å². The van der Waals surface area contributed by atoms with Crippen LogP contribution in [0.15, 0.2) is 66.7 Å². The molecular formula is C29H28N2O7. The molecule has 0 radical (unpaired) electrons. The van der Waals surface area contributed by atoms with E-state index < -0.39 is 35.6 Å². The smallest absolute Gasteiger partial charge is 0.324 e. The van der Waals surface area contributed by atoms with Gasteiger partial charge in [0.2, 0.25) is 0 Å². The Bertz CT molecular complexity index is 1410. The van der Waals surface area contributed by atoms with E-state index in [9.17, 15) is 14.9 Å². The molecule has 6 rings (SSSR count). The minimum atomic E-state index is -1.75. The van der Waals surface area contributed by atoms with Gasteiger partial charge in [-0.25, -0.2) is 0 Å². The van der Waals surface area contributed by atoms with Gasteiger partial charge in [0.1, 0.15) is 17.8 Å². The van der Waals surface area contributed by atoms with Crippen molar-refractivity contribution in [1.82, 2.24) is 4.90 Å². The van der Waals surface area contributed by atoms with E-state index in [0.717, 1.165) is 11.1 Å². The molecule has 0 N–H and O–H groups in total. The van der Waals surface area contributed by atoms with Crippen LogP contribution in [-0.4, -0.2) is 55.2 Å². The summed E-state index contributed by atoms with van der Waals surface area (Å²) in [6.45, 7) is 0.433. The fraction of sp³-hybridized carbons (Fsp3) is 0.345. The number of benzene rings is 3. The van der Waals surface area contributed by atoms with E-state index in [-0.39, 0.29) is 4.92 Å². The molecule has 0 amide bonds. The van der Waals surface area contributed by atoms with Gasteiger partial charge < -0.3 is 18.9 Å². The van der Waals surface area contributed by atoms with E-state index >= 15 is 0 Å². The molecule has 3 heterocycles. The number of para-hydroxylation sites is 1. The number of methoxy groups -OCH3 is 3. The molecule has 0 saturated carbocycles. The Morgan fingerprint density at radius 2 is 1.68 bits per heavy atom. The van der Waals surface area contributed by atoms with E-state index in [1.807, 2.05) is 71.6 Å². The highest BCUT2D eigenvalue weighted by atomic mass is 16.6. The van der Waals surface area contributed by atoms with Crippen LogP contribution in [0.1, 0.15) is 40.3 Å². The zero-order chi connectivity index (χ0) is 26.6. The summed E-state index contributed by atoms with van der Waals surface area (Å²) in [4.78, 5) is 28.9. The lowest BCUT2D eigenvalue weighted by atomic mass is 9.66. The Morgan fingerprint density at radius 3 is 2.37 bits per heavy atom. The summed E-state index contributed by atoms with van der Waals surface area (Å²) in [7, 11) is 4.43. The van der Waals surface area contributed by atoms with Gasteiger partial charge in [-0.1, -0.05) is 48.5 Å². The van der Waals surface area contributed by atoms with Crippen LogP contribution in [0.25, 0.3) is 0 Å². The van der Waals surface area contributed by atoms with E-state index in [1.54, 1.807) is 7.11 Å². The highest BCUT2D eigenvalue weighted by Crippen LogP contribution is 2.65. The third-order valence-electron chi connectivity index (χ3n) is 8.30. The minimum absolute atomic E-state index is 0.225. The van der Waals surface area contributed by atoms with Gasteiger partial charge in [-0.2, -0.15) is 0 Å². The van der Waals surface area contributed by atoms with Crippen molar-refractivity contribution >= 4 is 5.97 Å². The van der Waals surface area contributed by atoms with Crippen LogP contribution in [0.4, 0.5) is 0 Å². The molecule has 1 fully saturated rings. The van der Waals surface area contributed by atoms with Gasteiger partial charge >= 0.3 is 5.97 Å². The molecule has 0 aromatic heterocycles. The quantitative estimate of drug-likeness (QED) is 0.284. The first-order valence-electron chi connectivity index (χ1n) is 12.5. The first-order valence-corrected chi connectivity index (χ1v) is 12.5. The second-order valence-corrected chi connectivity index (χ2v) is 9.83. The summed E-state index contributed by atoms with van der Waals surface area (Å²) < 4.78 is 23.0. The molecule has 3 aliphatic rings. The SMILES string of the molecule is COC(=O)[C@@H]1[C@@H]2c3ccccc3O[C@H](c3ccccc3)[C@]2([N+](=O)[O-])[C@@H]2c3cc(OC)c(OC)cc3CCN12. The molecule has 38 heavy (non-hydrogen) atoms. The molecular weight excluding hydrogens is 488 g/mol. The van der Waals surface area contributed by atoms with E-state index in [0.29, 0.717) is 41.3 Å². The molecule has 0 bridgehead atoms. The van der Waals surface area contributed by atoms with Crippen molar-refractivity contribution < 1.29 is 28.7 Å². The summed E-state index contributed by atoms with van der Waals surface area (Å²) in [5.74, 6) is 0.224. The number of carbonyl (C=O) groups excluding carboxylic acids is 1. The highest BCUT2D eigenvalue weighted by Gasteiger charge is 2.77. The topological polar surface area (TPSA) is 100 Å². The van der Waals surface area contributed by atoms with Gasteiger partial charge in [0.15, 0.2) is 17.6 Å². The van der Waals surface area contributed by atoms with Crippen molar-refractivity contribution in [2.75, 3.05) is 27.9 Å². The standard InChI is InChI=1S/C29H28N2O7/c1-35-22-15-18-13-14-30-25(28(32)37-3)24-19-11-7-8-12-21(19)38-27(17-9-5-4-6-10-17)29(24,31(33)34)26(30)20(18)16-23(22)36-2/h4-12,15-16,24-27H,13-14H2,1-3H3/t24-,25-,26-,27+,29+/m0/s1. The molecule has 196 valence electrons. The number of hydrogen-bond donors (Lipinski definition) is 0. The maximum atomic E-state index is 13.6. The molecule has 1 saturated heterocycles. The number of carbonyl (C=O) groups is 1. The predicted octanol–water partition coefficient (Wildman–Crippen LogP) is 4.09. The first-order chi connectivity index (χ1) is 18.5. The van der Waals surface area contributed by atoms with Crippen molar-refractivity contribution in [3.05, 3.63) is 99.1 Å². The largest absolute Gasteiger partial charge is 0.493 e. The number of nitrogens with zero attached hydrogens (tertiary/aromatic N) is 2. The summed E-state index contributed by atoms with van der Waals surface area (Å²) >= 11 is 0. The third-order valence-corrected chi connectivity index (χ3v) is 8.30. The van der Waals surface area contributed by atoms with Crippen LogP contribution < -0.4 is 14.2 Å². The van der Waals surface area contributed by atoms with Gasteiger partial charge in [0.05, 0.1) is 27.2 Å². The van der Waals surface area contributed by atoms with Crippen molar-refractivity contribution in [3.8, 4) is 17.2 Å². The predicted molar refractivity (Wildman–Crippen MR) is 137 cm³/mol. The molecule has 5 atom stereocenters. The molecule has 0 aliphatic carbocycles. The highest BCUT2D eigenvalue weighted by molar-refractivity contribution is 5.79. The number of ether oxygens (including phenoxy) is 4. The van der Waals surface area contributed by atoms with Gasteiger partial charge in [-0.15, -0.1) is 0 Å². The van der Waals surface area contributed by atoms with Crippen LogP contribution in [-0.2, 0) is 16.0 Å². The maximum absolute atomic E-state index is 13.6. The summed E-state index contributed by atoms with van der Waals surface area (Å²) in [5, 5.41) is 13.6. The zero-order valence-corrected chi connectivity index (χ0v) is 21.3. The normalized spacial score (nSPS) is 27.1. The van der Waals surface area contributed by atoms with Crippen molar-refractivity contribution in [2.45, 2.75) is 36.1 Å². The van der Waals surface area contributed by atoms with Crippen LogP contribution in [0, 0.1) is 10.1 Å². The Kier molecular flexibility index (Phi) is 5.75. The Balaban J connectivity index is 1.70. The molecule has 9 nitrogen and oxygen atoms in total. The lowest BCUT2D eigenvalue weighted by Crippen LogP contribution is -2.56. The van der Waals surface area contributed by atoms with E-state index in [4.69, 9.17) is 18.9 Å². The number of nitro groups is 1. The number of hydrogen-bond acceptors (Lipinski definition) is 8.